The Hall–Kier alpha value is -0.820. The average molecular weight is 343 g/mol. The van der Waals surface area contributed by atoms with Crippen molar-refractivity contribution in [3.8, 4) is 0 Å². The third kappa shape index (κ3) is 3.22. The van der Waals surface area contributed by atoms with E-state index in [1.807, 2.05) is 0 Å². The fourth-order valence-corrected chi connectivity index (χ4v) is 5.44. The molecule has 0 aromatic rings. The molecule has 0 unspecified atom stereocenters. The molecule has 0 bridgehead atoms. The lowest BCUT2D eigenvalue weighted by Crippen LogP contribution is -2.54. The minimum atomic E-state index is -3.15. The molecule has 0 aromatic heterocycles. The second kappa shape index (κ2) is 6.24. The van der Waals surface area contributed by atoms with Crippen LogP contribution in [-0.2, 0) is 14.6 Å². The number of rotatable bonds is 3. The van der Waals surface area contributed by atoms with Gasteiger partial charge in [0.15, 0.2) is 15.8 Å². The molecule has 3 aliphatic rings. The quantitative estimate of drug-likeness (QED) is 0.612. The van der Waals surface area contributed by atoms with Crippen LogP contribution in [0.25, 0.3) is 0 Å². The summed E-state index contributed by atoms with van der Waals surface area (Å²) in [5, 5.41) is 3.36. The van der Waals surface area contributed by atoms with E-state index in [0.717, 1.165) is 19.0 Å². The number of likely N-dealkylation sites (tertiary alicyclic amines) is 1. The summed E-state index contributed by atoms with van der Waals surface area (Å²) < 4.78 is 29.3. The molecule has 0 aromatic carbocycles. The van der Waals surface area contributed by atoms with Crippen LogP contribution in [-0.4, -0.2) is 70.2 Å². The Morgan fingerprint density at radius 3 is 2.39 bits per heavy atom. The lowest BCUT2D eigenvalue weighted by Gasteiger charge is -2.39. The van der Waals surface area contributed by atoms with Crippen LogP contribution in [0.1, 0.15) is 38.5 Å². The van der Waals surface area contributed by atoms with Crippen LogP contribution in [0.15, 0.2) is 4.99 Å². The fraction of sp³-hybridized carbons (Fsp3) is 0.938. The van der Waals surface area contributed by atoms with Gasteiger partial charge in [-0.15, -0.1) is 0 Å². The Bertz CT molecular complexity index is 563. The molecule has 2 saturated heterocycles. The van der Waals surface area contributed by atoms with Gasteiger partial charge in [-0.3, -0.25) is 4.99 Å². The zero-order valence-corrected chi connectivity index (χ0v) is 15.1. The van der Waals surface area contributed by atoms with Crippen molar-refractivity contribution in [2.24, 2.45) is 10.4 Å². The highest BCUT2D eigenvalue weighted by Crippen LogP contribution is 2.47. The molecule has 132 valence electrons. The first kappa shape index (κ1) is 17.0. The second-order valence-electron chi connectivity index (χ2n) is 7.49. The summed E-state index contributed by atoms with van der Waals surface area (Å²) in [6.45, 7) is 3.53. The molecule has 1 spiro atoms. The van der Waals surface area contributed by atoms with E-state index in [2.05, 4.69) is 15.2 Å². The molecule has 0 amide bonds. The summed E-state index contributed by atoms with van der Waals surface area (Å²) in [6.07, 6.45) is 7.69. The maximum absolute atomic E-state index is 12.3. The zero-order valence-electron chi connectivity index (χ0n) is 14.3. The monoisotopic (exact) mass is 343 g/mol. The van der Waals surface area contributed by atoms with Crippen LogP contribution in [0.3, 0.4) is 0 Å². The minimum Gasteiger partial charge on any atom is -0.381 e. The van der Waals surface area contributed by atoms with Gasteiger partial charge in [0, 0.05) is 46.2 Å². The first-order valence-electron chi connectivity index (χ1n) is 8.63. The molecule has 23 heavy (non-hydrogen) atoms. The van der Waals surface area contributed by atoms with Crippen molar-refractivity contribution in [1.82, 2.24) is 10.2 Å². The number of nitrogens with zero attached hydrogens (tertiary/aromatic N) is 2. The first-order chi connectivity index (χ1) is 10.9. The van der Waals surface area contributed by atoms with Gasteiger partial charge in [0.05, 0.1) is 4.75 Å². The third-order valence-corrected chi connectivity index (χ3v) is 8.25. The second-order valence-corrected chi connectivity index (χ2v) is 9.90. The Morgan fingerprint density at radius 1 is 1.22 bits per heavy atom. The number of sulfone groups is 1. The van der Waals surface area contributed by atoms with Gasteiger partial charge in [0.2, 0.25) is 0 Å². The van der Waals surface area contributed by atoms with Crippen molar-refractivity contribution in [2.75, 3.05) is 46.2 Å². The molecule has 1 N–H and O–H groups in total. The SMILES string of the molecule is CN=C(NCC1(S(C)(=O)=O)CCOCC1)N1CCC2(CCC2)C1. The normalized spacial score (nSPS) is 27.0. The van der Waals surface area contributed by atoms with Crippen molar-refractivity contribution < 1.29 is 13.2 Å². The van der Waals surface area contributed by atoms with Crippen LogP contribution >= 0.6 is 0 Å². The number of nitrogens with one attached hydrogen (secondary N) is 1. The molecule has 1 saturated carbocycles. The van der Waals surface area contributed by atoms with Crippen molar-refractivity contribution >= 4 is 15.8 Å². The fourth-order valence-electron chi connectivity index (χ4n) is 4.20. The van der Waals surface area contributed by atoms with Gasteiger partial charge < -0.3 is 15.0 Å². The van der Waals surface area contributed by atoms with E-state index in [-0.39, 0.29) is 0 Å². The molecule has 3 rings (SSSR count). The third-order valence-electron chi connectivity index (χ3n) is 6.12. The van der Waals surface area contributed by atoms with Gasteiger partial charge in [0.25, 0.3) is 0 Å². The number of hydrogen-bond donors (Lipinski definition) is 1. The number of ether oxygens (including phenoxy) is 1. The standard InChI is InChI=1S/C16H29N3O3S/c1-17-14(19-9-6-15(13-19)4-3-5-15)18-12-16(23(2,20)21)7-10-22-11-8-16/h3-13H2,1-2H3,(H,17,18). The highest BCUT2D eigenvalue weighted by molar-refractivity contribution is 7.92. The molecule has 1 aliphatic carbocycles. The minimum absolute atomic E-state index is 0.422. The Labute approximate surface area is 139 Å². The summed E-state index contributed by atoms with van der Waals surface area (Å²) >= 11 is 0. The summed E-state index contributed by atoms with van der Waals surface area (Å²) in [4.78, 5) is 6.70. The average Bonchev–Trinajstić information content (AvgIpc) is 2.93. The molecule has 2 heterocycles. The van der Waals surface area contributed by atoms with E-state index in [0.29, 0.717) is 38.0 Å². The summed E-state index contributed by atoms with van der Waals surface area (Å²) in [5.74, 6) is 0.850. The van der Waals surface area contributed by atoms with Crippen molar-refractivity contribution in [3.05, 3.63) is 0 Å². The lowest BCUT2D eigenvalue weighted by atomic mass is 9.68. The van der Waals surface area contributed by atoms with Crippen molar-refractivity contribution in [2.45, 2.75) is 43.3 Å². The highest BCUT2D eigenvalue weighted by atomic mass is 32.2. The van der Waals surface area contributed by atoms with Crippen LogP contribution in [0, 0.1) is 5.41 Å². The first-order valence-corrected chi connectivity index (χ1v) is 10.5. The summed E-state index contributed by atoms with van der Waals surface area (Å²) in [7, 11) is -1.36. The van der Waals surface area contributed by atoms with Crippen LogP contribution in [0.4, 0.5) is 0 Å². The van der Waals surface area contributed by atoms with Gasteiger partial charge in [-0.2, -0.15) is 0 Å². The van der Waals surface area contributed by atoms with Crippen LogP contribution < -0.4 is 5.32 Å². The van der Waals surface area contributed by atoms with Crippen molar-refractivity contribution in [1.29, 1.82) is 0 Å². The molecular weight excluding hydrogens is 314 g/mol. The Kier molecular flexibility index (Phi) is 4.62. The van der Waals surface area contributed by atoms with Crippen molar-refractivity contribution in [3.63, 3.8) is 0 Å². The van der Waals surface area contributed by atoms with Crippen LogP contribution in [0.5, 0.6) is 0 Å². The Balaban J connectivity index is 1.65. The predicted molar refractivity (Wildman–Crippen MR) is 91.5 cm³/mol. The molecule has 6 nitrogen and oxygen atoms in total. The molecular formula is C16H29N3O3S. The molecule has 2 aliphatic heterocycles. The maximum atomic E-state index is 12.3. The van der Waals surface area contributed by atoms with Gasteiger partial charge >= 0.3 is 0 Å². The molecule has 0 radical (unpaired) electrons. The zero-order chi connectivity index (χ0) is 16.6. The van der Waals surface area contributed by atoms with E-state index in [4.69, 9.17) is 4.74 Å². The molecule has 3 fully saturated rings. The summed E-state index contributed by atoms with van der Waals surface area (Å²) in [5.41, 5.74) is 0.505. The smallest absolute Gasteiger partial charge is 0.193 e. The van der Waals surface area contributed by atoms with Gasteiger partial charge in [0.1, 0.15) is 0 Å². The van der Waals surface area contributed by atoms with Gasteiger partial charge in [-0.25, -0.2) is 8.42 Å². The number of aliphatic imine (C=N–C) groups is 1. The topological polar surface area (TPSA) is 71.0 Å². The van der Waals surface area contributed by atoms with E-state index in [1.165, 1.54) is 31.9 Å². The van der Waals surface area contributed by atoms with E-state index in [1.54, 1.807) is 7.05 Å². The summed E-state index contributed by atoms with van der Waals surface area (Å²) in [6, 6.07) is 0. The van der Waals surface area contributed by atoms with Crippen LogP contribution in [0.2, 0.25) is 0 Å². The lowest BCUT2D eigenvalue weighted by molar-refractivity contribution is 0.0754. The van der Waals surface area contributed by atoms with Gasteiger partial charge in [-0.1, -0.05) is 6.42 Å². The maximum Gasteiger partial charge on any atom is 0.193 e. The molecule has 0 atom stereocenters. The number of guanidine groups is 1. The predicted octanol–water partition coefficient (Wildman–Crippen LogP) is 1.03. The van der Waals surface area contributed by atoms with Gasteiger partial charge in [-0.05, 0) is 37.5 Å². The number of hydrogen-bond acceptors (Lipinski definition) is 4. The van der Waals surface area contributed by atoms with E-state index < -0.39 is 14.6 Å². The van der Waals surface area contributed by atoms with E-state index >= 15 is 0 Å². The highest BCUT2D eigenvalue weighted by Gasteiger charge is 2.45. The molecule has 7 heteroatoms. The Morgan fingerprint density at radius 2 is 1.91 bits per heavy atom. The largest absolute Gasteiger partial charge is 0.381 e. The van der Waals surface area contributed by atoms with E-state index in [9.17, 15) is 8.42 Å².